The number of rotatable bonds is 15. The molecule has 0 heterocycles. The SMILES string of the molecule is CCCC/C=C/[C@@H]1C=C[C@@H](CCCCCCCC(=O)OCC)[C@@H](C(=O)OCC)C1. The molecule has 4 nitrogen and oxygen atoms in total. The van der Waals surface area contributed by atoms with Gasteiger partial charge in [-0.3, -0.25) is 9.59 Å². The van der Waals surface area contributed by atoms with Crippen LogP contribution in [0.5, 0.6) is 0 Å². The van der Waals surface area contributed by atoms with E-state index in [-0.39, 0.29) is 23.8 Å². The molecule has 0 fully saturated rings. The topological polar surface area (TPSA) is 52.6 Å². The number of esters is 2. The summed E-state index contributed by atoms with van der Waals surface area (Å²) in [4.78, 5) is 23.8. The Bertz CT molecular complexity index is 509. The van der Waals surface area contributed by atoms with Crippen LogP contribution in [0.3, 0.4) is 0 Å². The van der Waals surface area contributed by atoms with Gasteiger partial charge in [-0.2, -0.15) is 0 Å². The first-order valence-electron chi connectivity index (χ1n) is 11.8. The van der Waals surface area contributed by atoms with Crippen LogP contribution in [0.25, 0.3) is 0 Å². The van der Waals surface area contributed by atoms with Crippen LogP contribution < -0.4 is 0 Å². The third kappa shape index (κ3) is 11.3. The molecule has 1 rings (SSSR count). The summed E-state index contributed by atoms with van der Waals surface area (Å²) in [6.07, 6.45) is 20.4. The summed E-state index contributed by atoms with van der Waals surface area (Å²) in [6, 6.07) is 0. The Hall–Kier alpha value is -1.58. The molecular formula is C25H42O4. The van der Waals surface area contributed by atoms with Crippen molar-refractivity contribution in [1.82, 2.24) is 0 Å². The van der Waals surface area contributed by atoms with Gasteiger partial charge in [-0.1, -0.05) is 69.8 Å². The van der Waals surface area contributed by atoms with Crippen molar-refractivity contribution >= 4 is 11.9 Å². The molecule has 0 aromatic heterocycles. The van der Waals surface area contributed by atoms with E-state index < -0.39 is 0 Å². The van der Waals surface area contributed by atoms with Crippen molar-refractivity contribution < 1.29 is 19.1 Å². The minimum atomic E-state index is -0.0876. The average molecular weight is 407 g/mol. The molecule has 0 aliphatic heterocycles. The molecule has 0 spiro atoms. The van der Waals surface area contributed by atoms with Crippen LogP contribution in [0.1, 0.15) is 91.4 Å². The lowest BCUT2D eigenvalue weighted by atomic mass is 9.76. The number of hydrogen-bond acceptors (Lipinski definition) is 4. The molecule has 1 aliphatic carbocycles. The number of unbranched alkanes of at least 4 members (excludes halogenated alkanes) is 6. The second kappa shape index (κ2) is 16.2. The summed E-state index contributed by atoms with van der Waals surface area (Å²) < 4.78 is 10.3. The van der Waals surface area contributed by atoms with Gasteiger partial charge in [0.25, 0.3) is 0 Å². The van der Waals surface area contributed by atoms with Crippen molar-refractivity contribution in [2.75, 3.05) is 13.2 Å². The predicted molar refractivity (Wildman–Crippen MR) is 118 cm³/mol. The minimum Gasteiger partial charge on any atom is -0.466 e. The van der Waals surface area contributed by atoms with Gasteiger partial charge in [-0.15, -0.1) is 0 Å². The summed E-state index contributed by atoms with van der Waals surface area (Å²) in [6.45, 7) is 6.83. The third-order valence-corrected chi connectivity index (χ3v) is 5.57. The zero-order valence-corrected chi connectivity index (χ0v) is 18.9. The molecule has 3 atom stereocenters. The molecule has 1 aliphatic rings. The number of carbonyl (C=O) groups excluding carboxylic acids is 2. The largest absolute Gasteiger partial charge is 0.466 e. The Morgan fingerprint density at radius 2 is 1.66 bits per heavy atom. The van der Waals surface area contributed by atoms with Crippen LogP contribution in [0.15, 0.2) is 24.3 Å². The van der Waals surface area contributed by atoms with Crippen LogP contribution >= 0.6 is 0 Å². The minimum absolute atomic E-state index is 0.0235. The number of ether oxygens (including phenoxy) is 2. The molecule has 0 unspecified atom stereocenters. The van der Waals surface area contributed by atoms with E-state index in [0.717, 1.165) is 51.4 Å². The Labute approximate surface area is 178 Å². The van der Waals surface area contributed by atoms with E-state index in [2.05, 4.69) is 31.2 Å². The lowest BCUT2D eigenvalue weighted by molar-refractivity contribution is -0.150. The van der Waals surface area contributed by atoms with E-state index in [9.17, 15) is 9.59 Å². The van der Waals surface area contributed by atoms with E-state index in [1.807, 2.05) is 13.8 Å². The summed E-state index contributed by atoms with van der Waals surface area (Å²) in [5.74, 6) is 0.484. The molecule has 0 saturated carbocycles. The highest BCUT2D eigenvalue weighted by molar-refractivity contribution is 5.73. The average Bonchev–Trinajstić information content (AvgIpc) is 2.71. The second-order valence-corrected chi connectivity index (χ2v) is 7.99. The first-order chi connectivity index (χ1) is 14.1. The van der Waals surface area contributed by atoms with E-state index in [1.165, 1.54) is 12.8 Å². The zero-order valence-electron chi connectivity index (χ0n) is 18.9. The normalized spacial score (nSPS) is 21.4. The highest BCUT2D eigenvalue weighted by Gasteiger charge is 2.32. The van der Waals surface area contributed by atoms with Gasteiger partial charge < -0.3 is 9.47 Å². The molecule has 0 saturated heterocycles. The molecule has 0 bridgehead atoms. The van der Waals surface area contributed by atoms with Gasteiger partial charge in [-0.05, 0) is 51.4 Å². The highest BCUT2D eigenvalue weighted by atomic mass is 16.5. The van der Waals surface area contributed by atoms with Gasteiger partial charge in [0, 0.05) is 6.42 Å². The van der Waals surface area contributed by atoms with E-state index in [0.29, 0.717) is 25.6 Å². The van der Waals surface area contributed by atoms with Gasteiger partial charge in [0.1, 0.15) is 0 Å². The fourth-order valence-electron chi connectivity index (χ4n) is 3.93. The van der Waals surface area contributed by atoms with E-state index >= 15 is 0 Å². The zero-order chi connectivity index (χ0) is 21.3. The number of carbonyl (C=O) groups is 2. The van der Waals surface area contributed by atoms with Crippen molar-refractivity contribution in [1.29, 1.82) is 0 Å². The van der Waals surface area contributed by atoms with E-state index in [4.69, 9.17) is 9.47 Å². The maximum absolute atomic E-state index is 12.5. The van der Waals surface area contributed by atoms with Gasteiger partial charge >= 0.3 is 11.9 Å². The fourth-order valence-corrected chi connectivity index (χ4v) is 3.93. The van der Waals surface area contributed by atoms with Crippen LogP contribution in [0.4, 0.5) is 0 Å². The van der Waals surface area contributed by atoms with Crippen LogP contribution in [0.2, 0.25) is 0 Å². The van der Waals surface area contributed by atoms with Crippen LogP contribution in [-0.4, -0.2) is 25.2 Å². The lowest BCUT2D eigenvalue weighted by Gasteiger charge is -2.29. The van der Waals surface area contributed by atoms with Gasteiger partial charge in [-0.25, -0.2) is 0 Å². The molecule has 4 heteroatoms. The fraction of sp³-hybridized carbons (Fsp3) is 0.760. The lowest BCUT2D eigenvalue weighted by Crippen LogP contribution is -2.29. The number of hydrogen-bond donors (Lipinski definition) is 0. The standard InChI is InChI=1S/C25H42O4/c1-4-7-8-12-15-21-18-19-22(23(20-21)25(27)29-6-3)16-13-10-9-11-14-17-24(26)28-5-2/h12,15,18-19,21-23H,4-11,13-14,16-17,20H2,1-3H3/b15-12+/t21-,22-,23+/m1/s1. The van der Waals surface area contributed by atoms with Crippen molar-refractivity contribution in [2.45, 2.75) is 91.4 Å². The quantitative estimate of drug-likeness (QED) is 0.179. The maximum Gasteiger partial charge on any atom is 0.309 e. The Morgan fingerprint density at radius 3 is 2.38 bits per heavy atom. The Balaban J connectivity index is 2.39. The summed E-state index contributed by atoms with van der Waals surface area (Å²) in [5, 5.41) is 0. The molecule has 29 heavy (non-hydrogen) atoms. The summed E-state index contributed by atoms with van der Waals surface area (Å²) in [5.41, 5.74) is 0. The first kappa shape index (κ1) is 25.5. The third-order valence-electron chi connectivity index (χ3n) is 5.57. The summed E-state index contributed by atoms with van der Waals surface area (Å²) in [7, 11) is 0. The molecule has 0 aromatic carbocycles. The monoisotopic (exact) mass is 406 g/mol. The van der Waals surface area contributed by atoms with E-state index in [1.54, 1.807) is 0 Å². The molecule has 166 valence electrons. The Morgan fingerprint density at radius 1 is 0.931 bits per heavy atom. The van der Waals surface area contributed by atoms with Crippen molar-refractivity contribution in [3.05, 3.63) is 24.3 Å². The van der Waals surface area contributed by atoms with Crippen molar-refractivity contribution in [2.24, 2.45) is 17.8 Å². The second-order valence-electron chi connectivity index (χ2n) is 7.99. The van der Waals surface area contributed by atoms with Gasteiger partial charge in [0.15, 0.2) is 0 Å². The highest BCUT2D eigenvalue weighted by Crippen LogP contribution is 2.34. The van der Waals surface area contributed by atoms with Crippen LogP contribution in [-0.2, 0) is 19.1 Å². The summed E-state index contributed by atoms with van der Waals surface area (Å²) >= 11 is 0. The van der Waals surface area contributed by atoms with Gasteiger partial charge in [0.05, 0.1) is 19.1 Å². The molecule has 0 radical (unpaired) electrons. The predicted octanol–water partition coefficient (Wildman–Crippen LogP) is 6.40. The smallest absolute Gasteiger partial charge is 0.309 e. The first-order valence-corrected chi connectivity index (χ1v) is 11.8. The molecule has 0 aromatic rings. The van der Waals surface area contributed by atoms with Crippen molar-refractivity contribution in [3.8, 4) is 0 Å². The molecule has 0 N–H and O–H groups in total. The Kier molecular flexibility index (Phi) is 14.3. The van der Waals surface area contributed by atoms with Gasteiger partial charge in [0.2, 0.25) is 0 Å². The number of allylic oxidation sites excluding steroid dienone is 4. The van der Waals surface area contributed by atoms with Crippen LogP contribution in [0, 0.1) is 17.8 Å². The maximum atomic E-state index is 12.5. The molecular weight excluding hydrogens is 364 g/mol. The van der Waals surface area contributed by atoms with Crippen molar-refractivity contribution in [3.63, 3.8) is 0 Å². The molecule has 0 amide bonds.